The van der Waals surface area contributed by atoms with Crippen LogP contribution in [0.4, 0.5) is 10.5 Å². The number of amides is 3. The SMILES string of the molecule is CCCNC(=O)Nc1ccc(C[C@@H](N)CC(=O)N2CCCC(c3c(C)c4ccccc4n3CCCOC)C2)cc1. The molecule has 4 rings (SSSR count). The van der Waals surface area contributed by atoms with Gasteiger partial charge in [0, 0.05) is 80.6 Å². The number of benzene rings is 2. The van der Waals surface area contributed by atoms with Gasteiger partial charge in [0.25, 0.3) is 0 Å². The lowest BCUT2D eigenvalue weighted by atomic mass is 9.91. The number of nitrogens with two attached hydrogens (primary N) is 1. The standard InChI is InChI=1S/C32H45N5O3/c1-4-16-34-32(39)35-27-14-12-24(13-15-27)20-26(33)21-30(38)36-17-7-9-25(22-36)31-23(2)28-10-5-6-11-29(28)37(31)18-8-19-40-3/h5-6,10-15,25-26H,4,7-9,16-22,33H2,1-3H3,(H2,34,35,39)/t25?,26-/m1/s1. The van der Waals surface area contributed by atoms with Crippen LogP contribution in [0.3, 0.4) is 0 Å². The smallest absolute Gasteiger partial charge is 0.319 e. The fraction of sp³-hybridized carbons (Fsp3) is 0.500. The van der Waals surface area contributed by atoms with Crippen LogP contribution in [0.15, 0.2) is 48.5 Å². The molecule has 0 aliphatic carbocycles. The fourth-order valence-electron chi connectivity index (χ4n) is 5.92. The van der Waals surface area contributed by atoms with Crippen molar-refractivity contribution in [3.05, 3.63) is 65.4 Å². The molecule has 0 radical (unpaired) electrons. The lowest BCUT2D eigenvalue weighted by Crippen LogP contribution is -2.42. The topological polar surface area (TPSA) is 102 Å². The van der Waals surface area contributed by atoms with Crippen molar-refractivity contribution in [2.75, 3.05) is 38.7 Å². The predicted molar refractivity (Wildman–Crippen MR) is 162 cm³/mol. The summed E-state index contributed by atoms with van der Waals surface area (Å²) >= 11 is 0. The third-order valence-corrected chi connectivity index (χ3v) is 7.85. The van der Waals surface area contributed by atoms with Gasteiger partial charge in [-0.1, -0.05) is 37.3 Å². The van der Waals surface area contributed by atoms with Gasteiger partial charge in [0.05, 0.1) is 0 Å². The number of para-hydroxylation sites is 1. The molecule has 8 heteroatoms. The molecule has 4 N–H and O–H groups in total. The molecule has 3 amide bonds. The molecule has 1 aliphatic rings. The average Bonchev–Trinajstić information content (AvgIpc) is 3.24. The molecule has 1 aromatic heterocycles. The number of hydrogen-bond donors (Lipinski definition) is 3. The number of aryl methyl sites for hydroxylation is 2. The van der Waals surface area contributed by atoms with Crippen molar-refractivity contribution in [1.29, 1.82) is 0 Å². The van der Waals surface area contributed by atoms with Crippen molar-refractivity contribution >= 4 is 28.5 Å². The van der Waals surface area contributed by atoms with Crippen molar-refractivity contribution in [1.82, 2.24) is 14.8 Å². The summed E-state index contributed by atoms with van der Waals surface area (Å²) in [4.78, 5) is 27.2. The van der Waals surface area contributed by atoms with Crippen LogP contribution in [-0.4, -0.2) is 60.8 Å². The minimum atomic E-state index is -0.262. The molecular formula is C32H45N5O3. The Morgan fingerprint density at radius 1 is 1.15 bits per heavy atom. The molecule has 8 nitrogen and oxygen atoms in total. The van der Waals surface area contributed by atoms with Crippen LogP contribution in [0.2, 0.25) is 0 Å². The molecule has 0 bridgehead atoms. The van der Waals surface area contributed by atoms with Gasteiger partial charge in [-0.15, -0.1) is 0 Å². The number of carbonyl (C=O) groups is 2. The molecule has 2 atom stereocenters. The molecule has 1 fully saturated rings. The maximum absolute atomic E-state index is 13.4. The minimum Gasteiger partial charge on any atom is -0.385 e. The number of piperidine rings is 1. The highest BCUT2D eigenvalue weighted by Crippen LogP contribution is 2.36. The van der Waals surface area contributed by atoms with Gasteiger partial charge >= 0.3 is 6.03 Å². The number of rotatable bonds is 12. The first-order valence-corrected chi connectivity index (χ1v) is 14.6. The maximum atomic E-state index is 13.4. The van der Waals surface area contributed by atoms with Gasteiger partial charge in [-0.3, -0.25) is 4.79 Å². The molecule has 216 valence electrons. The molecule has 1 unspecified atom stereocenters. The Morgan fingerprint density at radius 2 is 1.93 bits per heavy atom. The van der Waals surface area contributed by atoms with Crippen LogP contribution in [0, 0.1) is 6.92 Å². The zero-order valence-electron chi connectivity index (χ0n) is 24.2. The summed E-state index contributed by atoms with van der Waals surface area (Å²) in [7, 11) is 1.75. The third-order valence-electron chi connectivity index (χ3n) is 7.85. The zero-order chi connectivity index (χ0) is 28.5. The number of urea groups is 1. The second-order valence-corrected chi connectivity index (χ2v) is 11.0. The van der Waals surface area contributed by atoms with Crippen LogP contribution in [-0.2, 0) is 22.5 Å². The Labute approximate surface area is 238 Å². The van der Waals surface area contributed by atoms with E-state index in [1.54, 1.807) is 7.11 Å². The summed E-state index contributed by atoms with van der Waals surface area (Å²) in [6, 6.07) is 15.8. The first-order chi connectivity index (χ1) is 19.4. The van der Waals surface area contributed by atoms with Gasteiger partial charge in [0.15, 0.2) is 0 Å². The van der Waals surface area contributed by atoms with Gasteiger partial charge in [0.1, 0.15) is 0 Å². The van der Waals surface area contributed by atoms with Crippen molar-refractivity contribution in [2.24, 2.45) is 5.73 Å². The fourth-order valence-corrected chi connectivity index (χ4v) is 5.92. The minimum absolute atomic E-state index is 0.128. The zero-order valence-corrected chi connectivity index (χ0v) is 24.2. The molecule has 2 heterocycles. The Hall–Kier alpha value is -3.36. The van der Waals surface area contributed by atoms with Gasteiger partial charge in [-0.05, 0) is 68.4 Å². The lowest BCUT2D eigenvalue weighted by Gasteiger charge is -2.34. The molecular weight excluding hydrogens is 502 g/mol. The number of carbonyl (C=O) groups excluding carboxylic acids is 2. The molecule has 1 aliphatic heterocycles. The van der Waals surface area contributed by atoms with Crippen LogP contribution in [0.1, 0.15) is 61.8 Å². The number of aromatic nitrogens is 1. The number of likely N-dealkylation sites (tertiary alicyclic amines) is 1. The van der Waals surface area contributed by atoms with E-state index in [4.69, 9.17) is 10.5 Å². The highest BCUT2D eigenvalue weighted by atomic mass is 16.5. The molecule has 3 aromatic rings. The van der Waals surface area contributed by atoms with Crippen molar-refractivity contribution in [2.45, 2.75) is 70.9 Å². The third kappa shape index (κ3) is 7.43. The summed E-state index contributed by atoms with van der Waals surface area (Å²) < 4.78 is 7.79. The second-order valence-electron chi connectivity index (χ2n) is 11.0. The van der Waals surface area contributed by atoms with Crippen LogP contribution in [0.25, 0.3) is 10.9 Å². The monoisotopic (exact) mass is 547 g/mol. The van der Waals surface area contributed by atoms with E-state index in [0.29, 0.717) is 25.3 Å². The quantitative estimate of drug-likeness (QED) is 0.272. The average molecular weight is 548 g/mol. The van der Waals surface area contributed by atoms with E-state index in [0.717, 1.165) is 63.2 Å². The first-order valence-electron chi connectivity index (χ1n) is 14.6. The van der Waals surface area contributed by atoms with Gasteiger partial charge in [0.2, 0.25) is 5.91 Å². The van der Waals surface area contributed by atoms with E-state index in [1.165, 1.54) is 22.2 Å². The Kier molecular flexibility index (Phi) is 10.6. The molecule has 1 saturated heterocycles. The number of ether oxygens (including phenoxy) is 1. The van der Waals surface area contributed by atoms with E-state index >= 15 is 0 Å². The van der Waals surface area contributed by atoms with Gasteiger partial charge in [-0.25, -0.2) is 4.79 Å². The van der Waals surface area contributed by atoms with E-state index in [2.05, 4.69) is 46.4 Å². The Balaban J connectivity index is 1.37. The summed E-state index contributed by atoms with van der Waals surface area (Å²) in [6.07, 6.45) is 4.84. The van der Waals surface area contributed by atoms with Crippen molar-refractivity contribution < 1.29 is 14.3 Å². The van der Waals surface area contributed by atoms with Gasteiger partial charge in [-0.2, -0.15) is 0 Å². The van der Waals surface area contributed by atoms with E-state index in [-0.39, 0.29) is 18.0 Å². The number of anilines is 1. The number of fused-ring (bicyclic) bond motifs is 1. The van der Waals surface area contributed by atoms with Crippen LogP contribution < -0.4 is 16.4 Å². The number of methoxy groups -OCH3 is 1. The highest BCUT2D eigenvalue weighted by molar-refractivity contribution is 5.89. The van der Waals surface area contributed by atoms with Crippen LogP contribution >= 0.6 is 0 Å². The lowest BCUT2D eigenvalue weighted by molar-refractivity contribution is -0.132. The van der Waals surface area contributed by atoms with Gasteiger partial charge < -0.3 is 30.6 Å². The molecule has 0 spiro atoms. The Morgan fingerprint density at radius 3 is 2.67 bits per heavy atom. The van der Waals surface area contributed by atoms with Crippen LogP contribution in [0.5, 0.6) is 0 Å². The summed E-state index contributed by atoms with van der Waals surface area (Å²) in [5.74, 6) is 0.432. The highest BCUT2D eigenvalue weighted by Gasteiger charge is 2.29. The number of nitrogens with zero attached hydrogens (tertiary/aromatic N) is 2. The summed E-state index contributed by atoms with van der Waals surface area (Å²) in [5.41, 5.74) is 12.2. The summed E-state index contributed by atoms with van der Waals surface area (Å²) in [5, 5.41) is 6.92. The van der Waals surface area contributed by atoms with E-state index in [1.807, 2.05) is 36.1 Å². The Bertz CT molecular complexity index is 1270. The maximum Gasteiger partial charge on any atom is 0.319 e. The van der Waals surface area contributed by atoms with Crippen molar-refractivity contribution in [3.63, 3.8) is 0 Å². The summed E-state index contributed by atoms with van der Waals surface area (Å²) in [6.45, 7) is 8.02. The van der Waals surface area contributed by atoms with Crippen molar-refractivity contribution in [3.8, 4) is 0 Å². The number of hydrogen-bond acceptors (Lipinski definition) is 4. The first kappa shape index (κ1) is 29.6. The second kappa shape index (κ2) is 14.3. The molecule has 2 aromatic carbocycles. The van der Waals surface area contributed by atoms with E-state index < -0.39 is 0 Å². The molecule has 0 saturated carbocycles. The largest absolute Gasteiger partial charge is 0.385 e. The van der Waals surface area contributed by atoms with E-state index in [9.17, 15) is 9.59 Å². The normalized spacial score (nSPS) is 16.2. The molecule has 40 heavy (non-hydrogen) atoms. The predicted octanol–water partition coefficient (Wildman–Crippen LogP) is 5.18. The number of nitrogens with one attached hydrogen (secondary N) is 2.